The van der Waals surface area contributed by atoms with Crippen molar-refractivity contribution in [2.24, 2.45) is 11.8 Å². The first-order valence-corrected chi connectivity index (χ1v) is 12.1. The quantitative estimate of drug-likeness (QED) is 0.714. The summed E-state index contributed by atoms with van der Waals surface area (Å²) < 4.78 is 28.7. The van der Waals surface area contributed by atoms with Crippen molar-refractivity contribution >= 4 is 27.6 Å². The average molecular weight is 439 g/mol. The van der Waals surface area contributed by atoms with E-state index in [1.807, 2.05) is 6.08 Å². The standard InChI is InChI=1S/C21H27ClN2O4S/c22-16-8-10-17(11-9-16)29(27,28)24-14-15-4-2-12-23-13-3-5-18(21(15)23)19(24)6-1-7-20(25)26/h1,6,8-11,15,18-19,21H,2-5,7,12-14H2,(H,25,26)/b6-1+/t15-,18+,19+,21-/m0/s1. The number of carboxylic acids is 1. The van der Waals surface area contributed by atoms with Gasteiger partial charge in [-0.15, -0.1) is 0 Å². The highest BCUT2D eigenvalue weighted by atomic mass is 35.5. The highest BCUT2D eigenvalue weighted by Crippen LogP contribution is 2.44. The third-order valence-electron chi connectivity index (χ3n) is 6.58. The van der Waals surface area contributed by atoms with Crippen LogP contribution in [0, 0.1) is 11.8 Å². The van der Waals surface area contributed by atoms with E-state index >= 15 is 0 Å². The second kappa shape index (κ2) is 8.38. The van der Waals surface area contributed by atoms with E-state index in [9.17, 15) is 13.2 Å². The summed E-state index contributed by atoms with van der Waals surface area (Å²) in [4.78, 5) is 13.8. The molecule has 0 radical (unpaired) electrons. The van der Waals surface area contributed by atoms with Crippen molar-refractivity contribution in [2.75, 3.05) is 19.6 Å². The number of benzene rings is 1. The minimum Gasteiger partial charge on any atom is -0.481 e. The molecule has 0 aromatic heterocycles. The van der Waals surface area contributed by atoms with Crippen LogP contribution in [0.2, 0.25) is 5.02 Å². The molecule has 4 rings (SSSR count). The molecule has 3 saturated heterocycles. The van der Waals surface area contributed by atoms with Gasteiger partial charge in [-0.1, -0.05) is 23.8 Å². The molecule has 6 nitrogen and oxygen atoms in total. The van der Waals surface area contributed by atoms with Gasteiger partial charge in [-0.25, -0.2) is 8.42 Å². The lowest BCUT2D eigenvalue weighted by Gasteiger charge is -2.56. The number of aliphatic carboxylic acids is 1. The topological polar surface area (TPSA) is 77.9 Å². The summed E-state index contributed by atoms with van der Waals surface area (Å²) in [7, 11) is -3.71. The third-order valence-corrected chi connectivity index (χ3v) is 8.71. The van der Waals surface area contributed by atoms with Crippen molar-refractivity contribution in [3.63, 3.8) is 0 Å². The first-order valence-electron chi connectivity index (χ1n) is 10.3. The summed E-state index contributed by atoms with van der Waals surface area (Å²) in [6, 6.07) is 6.36. The fraction of sp³-hybridized carbons (Fsp3) is 0.571. The zero-order valence-corrected chi connectivity index (χ0v) is 17.9. The monoisotopic (exact) mass is 438 g/mol. The number of hydrogen-bond donors (Lipinski definition) is 1. The smallest absolute Gasteiger partial charge is 0.307 e. The fourth-order valence-corrected chi connectivity index (χ4v) is 7.25. The molecule has 0 spiro atoms. The molecular weight excluding hydrogens is 412 g/mol. The van der Waals surface area contributed by atoms with Crippen molar-refractivity contribution in [1.29, 1.82) is 0 Å². The fourth-order valence-electron chi connectivity index (χ4n) is 5.44. The molecule has 0 amide bonds. The van der Waals surface area contributed by atoms with Crippen LogP contribution in [0.15, 0.2) is 41.3 Å². The maximum Gasteiger partial charge on any atom is 0.307 e. The zero-order valence-electron chi connectivity index (χ0n) is 16.3. The Bertz CT molecular complexity index is 884. The van der Waals surface area contributed by atoms with Crippen LogP contribution in [0.1, 0.15) is 32.1 Å². The highest BCUT2D eigenvalue weighted by Gasteiger charge is 2.50. The Morgan fingerprint density at radius 3 is 2.55 bits per heavy atom. The van der Waals surface area contributed by atoms with Crippen LogP contribution in [-0.2, 0) is 14.8 Å². The highest BCUT2D eigenvalue weighted by molar-refractivity contribution is 7.89. The van der Waals surface area contributed by atoms with Crippen LogP contribution in [0.25, 0.3) is 0 Å². The lowest BCUT2D eigenvalue weighted by molar-refractivity contribution is -0.136. The number of nitrogens with zero attached hydrogens (tertiary/aromatic N) is 2. The summed E-state index contributed by atoms with van der Waals surface area (Å²) in [6.07, 6.45) is 7.48. The molecule has 1 aromatic carbocycles. The molecule has 0 bridgehead atoms. The van der Waals surface area contributed by atoms with Gasteiger partial charge < -0.3 is 5.11 Å². The van der Waals surface area contributed by atoms with Gasteiger partial charge in [-0.05, 0) is 74.9 Å². The number of carbonyl (C=O) groups is 1. The zero-order chi connectivity index (χ0) is 20.6. The van der Waals surface area contributed by atoms with Crippen LogP contribution < -0.4 is 0 Å². The van der Waals surface area contributed by atoms with E-state index < -0.39 is 16.0 Å². The van der Waals surface area contributed by atoms with Gasteiger partial charge in [0.1, 0.15) is 0 Å². The molecule has 3 heterocycles. The molecule has 0 aliphatic carbocycles. The SMILES string of the molecule is O=C(O)C/C=C/[C@@H]1[C@H]2CCCN3CCC[C@@H](CN1S(=O)(=O)c1ccc(Cl)cc1)[C@@H]23. The van der Waals surface area contributed by atoms with Gasteiger partial charge in [-0.2, -0.15) is 4.31 Å². The summed E-state index contributed by atoms with van der Waals surface area (Å²) in [6.45, 7) is 2.63. The number of rotatable bonds is 5. The van der Waals surface area contributed by atoms with Gasteiger partial charge in [-0.3, -0.25) is 9.69 Å². The minimum absolute atomic E-state index is 0.101. The molecule has 3 fully saturated rings. The molecule has 3 aliphatic rings. The van der Waals surface area contributed by atoms with Crippen molar-refractivity contribution in [1.82, 2.24) is 9.21 Å². The van der Waals surface area contributed by atoms with E-state index in [0.29, 0.717) is 23.5 Å². The van der Waals surface area contributed by atoms with E-state index in [0.717, 1.165) is 38.8 Å². The molecular formula is C21H27ClN2O4S. The van der Waals surface area contributed by atoms with Crippen LogP contribution in [0.5, 0.6) is 0 Å². The van der Waals surface area contributed by atoms with Crippen molar-refractivity contribution in [2.45, 2.75) is 49.1 Å². The maximum absolute atomic E-state index is 13.6. The van der Waals surface area contributed by atoms with E-state index in [1.165, 1.54) is 0 Å². The Balaban J connectivity index is 1.72. The molecule has 8 heteroatoms. The van der Waals surface area contributed by atoms with E-state index in [4.69, 9.17) is 16.7 Å². The Morgan fingerprint density at radius 1 is 1.17 bits per heavy atom. The molecule has 0 unspecified atom stereocenters. The normalized spacial score (nSPS) is 30.9. The molecule has 0 saturated carbocycles. The molecule has 29 heavy (non-hydrogen) atoms. The average Bonchev–Trinajstić information content (AvgIpc) is 2.69. The van der Waals surface area contributed by atoms with Gasteiger partial charge >= 0.3 is 5.97 Å². The Hall–Kier alpha value is -1.41. The largest absolute Gasteiger partial charge is 0.481 e. The first kappa shape index (κ1) is 20.8. The van der Waals surface area contributed by atoms with Crippen LogP contribution >= 0.6 is 11.6 Å². The third kappa shape index (κ3) is 4.10. The predicted molar refractivity (Wildman–Crippen MR) is 111 cm³/mol. The van der Waals surface area contributed by atoms with Gasteiger partial charge in [0.25, 0.3) is 0 Å². The maximum atomic E-state index is 13.6. The number of piperidine rings is 3. The number of hydrogen-bond acceptors (Lipinski definition) is 4. The molecule has 1 aromatic rings. The van der Waals surface area contributed by atoms with Gasteiger partial charge in [0.05, 0.1) is 11.3 Å². The predicted octanol–water partition coefficient (Wildman–Crippen LogP) is 3.23. The van der Waals surface area contributed by atoms with Crippen LogP contribution in [0.3, 0.4) is 0 Å². The second-order valence-corrected chi connectivity index (χ2v) is 10.6. The van der Waals surface area contributed by atoms with E-state index in [1.54, 1.807) is 34.6 Å². The molecule has 1 N–H and O–H groups in total. The second-order valence-electron chi connectivity index (χ2n) is 8.28. The van der Waals surface area contributed by atoms with Crippen LogP contribution in [-0.4, -0.2) is 60.4 Å². The molecule has 158 valence electrons. The first-order chi connectivity index (χ1) is 13.9. The van der Waals surface area contributed by atoms with Crippen molar-refractivity contribution in [3.05, 3.63) is 41.4 Å². The minimum atomic E-state index is -3.71. The van der Waals surface area contributed by atoms with Gasteiger partial charge in [0.15, 0.2) is 0 Å². The molecule has 3 aliphatic heterocycles. The lowest BCUT2D eigenvalue weighted by Crippen LogP contribution is -2.65. The Morgan fingerprint density at radius 2 is 1.86 bits per heavy atom. The van der Waals surface area contributed by atoms with Crippen molar-refractivity contribution < 1.29 is 18.3 Å². The number of halogens is 1. The number of sulfonamides is 1. The number of carboxylic acid groups (broad SMARTS) is 1. The van der Waals surface area contributed by atoms with E-state index in [2.05, 4.69) is 4.90 Å². The lowest BCUT2D eigenvalue weighted by atomic mass is 9.70. The van der Waals surface area contributed by atoms with Crippen molar-refractivity contribution in [3.8, 4) is 0 Å². The summed E-state index contributed by atoms with van der Waals surface area (Å²) in [5, 5.41) is 9.53. The van der Waals surface area contributed by atoms with Gasteiger partial charge in [0.2, 0.25) is 10.0 Å². The molecule has 4 atom stereocenters. The van der Waals surface area contributed by atoms with Crippen LogP contribution in [0.4, 0.5) is 0 Å². The van der Waals surface area contributed by atoms with Gasteiger partial charge in [0, 0.05) is 23.7 Å². The Labute approximate surface area is 177 Å². The van der Waals surface area contributed by atoms with E-state index in [-0.39, 0.29) is 23.3 Å². The Kier molecular flexibility index (Phi) is 6.02. The summed E-state index contributed by atoms with van der Waals surface area (Å²) in [5.41, 5.74) is 0. The summed E-state index contributed by atoms with van der Waals surface area (Å²) >= 11 is 5.95. The summed E-state index contributed by atoms with van der Waals surface area (Å²) in [5.74, 6) is -0.403.